The van der Waals surface area contributed by atoms with Gasteiger partial charge < -0.3 is 4.74 Å². The third kappa shape index (κ3) is 9.60. The molecule has 78 valence electrons. The Balaban J connectivity index is 3.11. The van der Waals surface area contributed by atoms with E-state index in [1.807, 2.05) is 0 Å². The largest absolute Gasteiger partial charge is 0.382 e. The normalized spacial score (nSPS) is 10.0. The topological polar surface area (TPSA) is 47.6 Å². The third-order valence-corrected chi connectivity index (χ3v) is 1.63. The standard InChI is InChI=1S/C8H16ClNO3/c1-12-6-7-13-10-8(11)4-2-3-5-9/h2-7H2,1H3,(H,10,11). The fourth-order valence-electron chi connectivity index (χ4n) is 0.688. The van der Waals surface area contributed by atoms with Crippen molar-refractivity contribution in [3.05, 3.63) is 0 Å². The molecule has 0 aliphatic carbocycles. The van der Waals surface area contributed by atoms with Gasteiger partial charge in [-0.15, -0.1) is 11.6 Å². The van der Waals surface area contributed by atoms with Crippen LogP contribution in [0.3, 0.4) is 0 Å². The second-order valence-corrected chi connectivity index (χ2v) is 2.89. The molecule has 0 fully saturated rings. The smallest absolute Gasteiger partial charge is 0.243 e. The molecule has 1 amide bonds. The van der Waals surface area contributed by atoms with Gasteiger partial charge in [0.05, 0.1) is 13.2 Å². The van der Waals surface area contributed by atoms with E-state index in [-0.39, 0.29) is 5.91 Å². The van der Waals surface area contributed by atoms with E-state index in [0.717, 1.165) is 12.8 Å². The lowest BCUT2D eigenvalue weighted by Gasteiger charge is -2.04. The highest BCUT2D eigenvalue weighted by atomic mass is 35.5. The molecule has 0 unspecified atom stereocenters. The summed E-state index contributed by atoms with van der Waals surface area (Å²) in [6.45, 7) is 0.847. The van der Waals surface area contributed by atoms with E-state index in [1.54, 1.807) is 7.11 Å². The van der Waals surface area contributed by atoms with Crippen LogP contribution >= 0.6 is 11.6 Å². The zero-order valence-electron chi connectivity index (χ0n) is 7.85. The fraction of sp³-hybridized carbons (Fsp3) is 0.875. The molecule has 4 nitrogen and oxygen atoms in total. The molecule has 0 spiro atoms. The van der Waals surface area contributed by atoms with Crippen molar-refractivity contribution in [2.75, 3.05) is 26.2 Å². The maximum Gasteiger partial charge on any atom is 0.243 e. The molecule has 0 aliphatic heterocycles. The van der Waals surface area contributed by atoms with Gasteiger partial charge in [0.25, 0.3) is 0 Å². The predicted octanol–water partition coefficient (Wildman–Crippen LogP) is 1.09. The number of halogens is 1. The summed E-state index contributed by atoms with van der Waals surface area (Å²) in [6.07, 6.45) is 2.11. The molecule has 5 heteroatoms. The van der Waals surface area contributed by atoms with Gasteiger partial charge in [0, 0.05) is 19.4 Å². The second-order valence-electron chi connectivity index (χ2n) is 2.51. The molecule has 0 aromatic carbocycles. The van der Waals surface area contributed by atoms with Gasteiger partial charge in [-0.25, -0.2) is 5.48 Å². The predicted molar refractivity (Wildman–Crippen MR) is 50.5 cm³/mol. The molecule has 0 saturated carbocycles. The number of alkyl halides is 1. The first-order chi connectivity index (χ1) is 6.31. The molecule has 0 aromatic heterocycles. The molecule has 0 aliphatic rings. The molecular formula is C8H16ClNO3. The van der Waals surface area contributed by atoms with E-state index in [0.29, 0.717) is 25.5 Å². The summed E-state index contributed by atoms with van der Waals surface area (Å²) < 4.78 is 4.73. The van der Waals surface area contributed by atoms with Crippen molar-refractivity contribution in [3.8, 4) is 0 Å². The van der Waals surface area contributed by atoms with Crippen molar-refractivity contribution in [2.24, 2.45) is 0 Å². The highest BCUT2D eigenvalue weighted by Gasteiger charge is 1.99. The minimum Gasteiger partial charge on any atom is -0.382 e. The number of methoxy groups -OCH3 is 1. The Morgan fingerprint density at radius 1 is 1.38 bits per heavy atom. The van der Waals surface area contributed by atoms with Gasteiger partial charge in [-0.1, -0.05) is 0 Å². The van der Waals surface area contributed by atoms with Gasteiger partial charge in [0.2, 0.25) is 5.91 Å². The van der Waals surface area contributed by atoms with Gasteiger partial charge in [0.1, 0.15) is 0 Å². The van der Waals surface area contributed by atoms with Gasteiger partial charge in [0.15, 0.2) is 0 Å². The van der Waals surface area contributed by atoms with Crippen LogP contribution in [0.4, 0.5) is 0 Å². The number of hydroxylamine groups is 1. The first kappa shape index (κ1) is 12.7. The maximum atomic E-state index is 11.0. The summed E-state index contributed by atoms with van der Waals surface area (Å²) in [5.74, 6) is 0.485. The van der Waals surface area contributed by atoms with Crippen molar-refractivity contribution in [3.63, 3.8) is 0 Å². The summed E-state index contributed by atoms with van der Waals surface area (Å²) >= 11 is 5.45. The average molecular weight is 210 g/mol. The second kappa shape index (κ2) is 9.77. The molecule has 0 bridgehead atoms. The van der Waals surface area contributed by atoms with Crippen LogP contribution in [0.25, 0.3) is 0 Å². The number of hydrogen-bond donors (Lipinski definition) is 1. The van der Waals surface area contributed by atoms with Crippen molar-refractivity contribution >= 4 is 17.5 Å². The fourth-order valence-corrected chi connectivity index (χ4v) is 0.877. The Bertz CT molecular complexity index is 133. The summed E-state index contributed by atoms with van der Waals surface area (Å²) in [7, 11) is 1.58. The minimum absolute atomic E-state index is 0.110. The zero-order chi connectivity index (χ0) is 9.94. The van der Waals surface area contributed by atoms with Crippen LogP contribution in [0.5, 0.6) is 0 Å². The van der Waals surface area contributed by atoms with Gasteiger partial charge in [-0.05, 0) is 12.8 Å². The van der Waals surface area contributed by atoms with Gasteiger partial charge in [-0.2, -0.15) is 0 Å². The summed E-state index contributed by atoms with van der Waals surface area (Å²) in [4.78, 5) is 15.8. The van der Waals surface area contributed by atoms with Crippen LogP contribution in [0.1, 0.15) is 19.3 Å². The number of ether oxygens (including phenoxy) is 1. The average Bonchev–Trinajstić information content (AvgIpc) is 2.13. The van der Waals surface area contributed by atoms with E-state index >= 15 is 0 Å². The molecule has 0 rings (SSSR count). The van der Waals surface area contributed by atoms with Crippen LogP contribution in [-0.4, -0.2) is 32.1 Å². The highest BCUT2D eigenvalue weighted by molar-refractivity contribution is 6.17. The minimum atomic E-state index is -0.110. The molecule has 0 radical (unpaired) electrons. The first-order valence-electron chi connectivity index (χ1n) is 4.26. The number of rotatable bonds is 8. The van der Waals surface area contributed by atoms with Crippen molar-refractivity contribution in [2.45, 2.75) is 19.3 Å². The van der Waals surface area contributed by atoms with E-state index in [9.17, 15) is 4.79 Å². The molecule has 0 heterocycles. The lowest BCUT2D eigenvalue weighted by molar-refractivity contribution is -0.134. The number of unbranched alkanes of at least 4 members (excludes halogenated alkanes) is 1. The molecule has 1 N–H and O–H groups in total. The molecule has 13 heavy (non-hydrogen) atoms. The van der Waals surface area contributed by atoms with Gasteiger partial charge >= 0.3 is 0 Å². The van der Waals surface area contributed by atoms with Crippen LogP contribution in [0.2, 0.25) is 0 Å². The van der Waals surface area contributed by atoms with Crippen molar-refractivity contribution in [1.82, 2.24) is 5.48 Å². The summed E-state index contributed by atoms with van der Waals surface area (Å²) in [6, 6.07) is 0. The maximum absolute atomic E-state index is 11.0. The molecular weight excluding hydrogens is 194 g/mol. The quantitative estimate of drug-likeness (QED) is 0.370. The first-order valence-corrected chi connectivity index (χ1v) is 4.80. The Morgan fingerprint density at radius 3 is 2.77 bits per heavy atom. The Kier molecular flexibility index (Phi) is 9.53. The molecule has 0 atom stereocenters. The van der Waals surface area contributed by atoms with Crippen LogP contribution in [0, 0.1) is 0 Å². The number of nitrogens with one attached hydrogen (secondary N) is 1. The Labute approximate surface area is 83.5 Å². The lowest BCUT2D eigenvalue weighted by Crippen LogP contribution is -2.25. The van der Waals surface area contributed by atoms with Gasteiger partial charge in [-0.3, -0.25) is 9.63 Å². The number of hydrogen-bond acceptors (Lipinski definition) is 3. The van der Waals surface area contributed by atoms with E-state index in [4.69, 9.17) is 21.2 Å². The van der Waals surface area contributed by atoms with Crippen LogP contribution < -0.4 is 5.48 Å². The Morgan fingerprint density at radius 2 is 2.15 bits per heavy atom. The van der Waals surface area contributed by atoms with Crippen LogP contribution in [-0.2, 0) is 14.4 Å². The molecule has 0 saturated heterocycles. The third-order valence-electron chi connectivity index (χ3n) is 1.36. The number of carbonyl (C=O) groups is 1. The number of amides is 1. The van der Waals surface area contributed by atoms with E-state index in [1.165, 1.54) is 0 Å². The zero-order valence-corrected chi connectivity index (χ0v) is 8.60. The summed E-state index contributed by atoms with van der Waals surface area (Å²) in [5, 5.41) is 0. The monoisotopic (exact) mass is 209 g/mol. The highest BCUT2D eigenvalue weighted by Crippen LogP contribution is 1.96. The van der Waals surface area contributed by atoms with E-state index < -0.39 is 0 Å². The SMILES string of the molecule is COCCONC(=O)CCCCCl. The Hall–Kier alpha value is -0.320. The van der Waals surface area contributed by atoms with Crippen molar-refractivity contribution < 1.29 is 14.4 Å². The van der Waals surface area contributed by atoms with Crippen LogP contribution in [0.15, 0.2) is 0 Å². The van der Waals surface area contributed by atoms with Crippen molar-refractivity contribution in [1.29, 1.82) is 0 Å². The lowest BCUT2D eigenvalue weighted by atomic mass is 10.2. The molecule has 0 aromatic rings. The summed E-state index contributed by atoms with van der Waals surface area (Å²) in [5.41, 5.74) is 2.31. The van der Waals surface area contributed by atoms with E-state index in [2.05, 4.69) is 5.48 Å². The number of carbonyl (C=O) groups excluding carboxylic acids is 1.